The average molecular weight is 376 g/mol. The van der Waals surface area contributed by atoms with Gasteiger partial charge in [0.1, 0.15) is 5.78 Å². The van der Waals surface area contributed by atoms with Crippen molar-refractivity contribution >= 4 is 30.2 Å². The Morgan fingerprint density at radius 2 is 1.60 bits per heavy atom. The molecule has 0 bridgehead atoms. The Hall–Kier alpha value is -1.08. The van der Waals surface area contributed by atoms with Gasteiger partial charge in [-0.1, -0.05) is 13.3 Å². The number of Topliss-reactive ketones (excluding diaryl/α,β-unsaturated/α-hetero) is 1. The van der Waals surface area contributed by atoms with E-state index >= 15 is 0 Å². The molecule has 6 nitrogen and oxygen atoms in total. The van der Waals surface area contributed by atoms with E-state index in [0.717, 1.165) is 38.0 Å². The minimum atomic E-state index is -0.0180. The SMILES string of the molecule is CCC(=O)CCC(=O)NCCCN(C)C.CNC(=O)CCCCCS. The summed E-state index contributed by atoms with van der Waals surface area (Å²) in [6, 6.07) is 0. The number of hydrogen-bond acceptors (Lipinski definition) is 5. The van der Waals surface area contributed by atoms with Gasteiger partial charge in [0.25, 0.3) is 0 Å². The van der Waals surface area contributed by atoms with Crippen LogP contribution in [-0.4, -0.2) is 62.5 Å². The number of nitrogens with zero attached hydrogens (tertiary/aromatic N) is 1. The van der Waals surface area contributed by atoms with E-state index in [1.54, 1.807) is 7.05 Å². The van der Waals surface area contributed by atoms with E-state index in [1.807, 2.05) is 21.0 Å². The minimum absolute atomic E-state index is 0.0180. The molecule has 0 aliphatic heterocycles. The molecule has 0 spiro atoms. The fourth-order valence-electron chi connectivity index (χ4n) is 1.84. The molecule has 0 saturated carbocycles. The lowest BCUT2D eigenvalue weighted by atomic mass is 10.2. The molecule has 148 valence electrons. The van der Waals surface area contributed by atoms with Gasteiger partial charge in [-0.3, -0.25) is 14.4 Å². The van der Waals surface area contributed by atoms with E-state index in [4.69, 9.17) is 0 Å². The van der Waals surface area contributed by atoms with Gasteiger partial charge in [-0.05, 0) is 45.7 Å². The van der Waals surface area contributed by atoms with E-state index in [1.165, 1.54) is 0 Å². The molecule has 0 radical (unpaired) electrons. The van der Waals surface area contributed by atoms with Gasteiger partial charge in [0.2, 0.25) is 11.8 Å². The molecular formula is C18H37N3O3S. The molecule has 0 aromatic carbocycles. The lowest BCUT2D eigenvalue weighted by molar-refractivity contribution is -0.125. The topological polar surface area (TPSA) is 78.5 Å². The molecule has 0 aliphatic carbocycles. The molecule has 2 amide bonds. The highest BCUT2D eigenvalue weighted by Gasteiger charge is 2.04. The highest BCUT2D eigenvalue weighted by Crippen LogP contribution is 2.00. The fourth-order valence-corrected chi connectivity index (χ4v) is 2.06. The number of carbonyl (C=O) groups is 3. The van der Waals surface area contributed by atoms with Gasteiger partial charge in [-0.2, -0.15) is 12.6 Å². The number of amides is 2. The quantitative estimate of drug-likeness (QED) is 0.340. The summed E-state index contributed by atoms with van der Waals surface area (Å²) < 4.78 is 0. The highest BCUT2D eigenvalue weighted by molar-refractivity contribution is 7.80. The van der Waals surface area contributed by atoms with Crippen molar-refractivity contribution in [1.29, 1.82) is 0 Å². The molecule has 0 aromatic heterocycles. The molecule has 0 fully saturated rings. The third-order valence-corrected chi connectivity index (χ3v) is 3.79. The zero-order chi connectivity index (χ0) is 19.5. The summed E-state index contributed by atoms with van der Waals surface area (Å²) in [4.78, 5) is 34.9. The number of carbonyl (C=O) groups excluding carboxylic acids is 3. The van der Waals surface area contributed by atoms with Crippen LogP contribution in [-0.2, 0) is 14.4 Å². The summed E-state index contributed by atoms with van der Waals surface area (Å²) in [5.41, 5.74) is 0. The molecule has 0 rings (SSSR count). The molecule has 25 heavy (non-hydrogen) atoms. The Kier molecular flexibility index (Phi) is 20.1. The van der Waals surface area contributed by atoms with Crippen molar-refractivity contribution in [2.45, 2.75) is 58.3 Å². The summed E-state index contributed by atoms with van der Waals surface area (Å²) in [6.07, 6.45) is 6.03. The van der Waals surface area contributed by atoms with Crippen LogP contribution in [0.4, 0.5) is 0 Å². The normalized spacial score (nSPS) is 10.0. The van der Waals surface area contributed by atoms with E-state index in [0.29, 0.717) is 32.2 Å². The molecule has 0 atom stereocenters. The van der Waals surface area contributed by atoms with Crippen LogP contribution in [0, 0.1) is 0 Å². The number of ketones is 1. The molecule has 0 saturated heterocycles. The first-order chi connectivity index (χ1) is 11.9. The van der Waals surface area contributed by atoms with Crippen molar-refractivity contribution in [3.8, 4) is 0 Å². The second-order valence-corrected chi connectivity index (χ2v) is 6.55. The van der Waals surface area contributed by atoms with Crippen LogP contribution >= 0.6 is 12.6 Å². The number of nitrogens with one attached hydrogen (secondary N) is 2. The van der Waals surface area contributed by atoms with Crippen LogP contribution in [0.1, 0.15) is 58.3 Å². The van der Waals surface area contributed by atoms with Crippen LogP contribution in [0.15, 0.2) is 0 Å². The molecular weight excluding hydrogens is 338 g/mol. The van der Waals surface area contributed by atoms with Gasteiger partial charge >= 0.3 is 0 Å². The standard InChI is InChI=1S/C11H22N2O2.C7H15NOS/c1-4-10(14)6-7-11(15)12-8-5-9-13(2)3;1-8-7(9)5-3-2-4-6-10/h4-9H2,1-3H3,(H,12,15);10H,2-6H2,1H3,(H,8,9). The molecule has 0 unspecified atom stereocenters. The Balaban J connectivity index is 0. The van der Waals surface area contributed by atoms with E-state index < -0.39 is 0 Å². The van der Waals surface area contributed by atoms with Crippen molar-refractivity contribution in [2.75, 3.05) is 40.0 Å². The van der Waals surface area contributed by atoms with Gasteiger partial charge < -0.3 is 15.5 Å². The van der Waals surface area contributed by atoms with Crippen molar-refractivity contribution in [2.24, 2.45) is 0 Å². The third-order valence-electron chi connectivity index (χ3n) is 3.47. The largest absolute Gasteiger partial charge is 0.359 e. The molecule has 7 heteroatoms. The summed E-state index contributed by atoms with van der Waals surface area (Å²) >= 11 is 4.07. The summed E-state index contributed by atoms with van der Waals surface area (Å²) in [5, 5.41) is 5.38. The Morgan fingerprint density at radius 3 is 2.12 bits per heavy atom. The maximum absolute atomic E-state index is 11.2. The van der Waals surface area contributed by atoms with Crippen molar-refractivity contribution in [3.63, 3.8) is 0 Å². The maximum Gasteiger partial charge on any atom is 0.220 e. The number of hydrogen-bond donors (Lipinski definition) is 3. The smallest absolute Gasteiger partial charge is 0.220 e. The second kappa shape index (κ2) is 19.2. The Bertz CT molecular complexity index is 363. The van der Waals surface area contributed by atoms with Gasteiger partial charge in [-0.15, -0.1) is 0 Å². The van der Waals surface area contributed by atoms with Gasteiger partial charge in [0, 0.05) is 39.3 Å². The summed E-state index contributed by atoms with van der Waals surface area (Å²) in [6.45, 7) is 3.48. The molecule has 2 N–H and O–H groups in total. The van der Waals surface area contributed by atoms with Crippen LogP contribution in [0.3, 0.4) is 0 Å². The summed E-state index contributed by atoms with van der Waals surface area (Å²) in [7, 11) is 5.67. The van der Waals surface area contributed by atoms with Crippen LogP contribution in [0.5, 0.6) is 0 Å². The highest BCUT2D eigenvalue weighted by atomic mass is 32.1. The molecule has 0 aromatic rings. The fraction of sp³-hybridized carbons (Fsp3) is 0.833. The predicted molar refractivity (Wildman–Crippen MR) is 107 cm³/mol. The molecule has 0 aliphatic rings. The number of thiol groups is 1. The van der Waals surface area contributed by atoms with E-state index in [-0.39, 0.29) is 17.6 Å². The van der Waals surface area contributed by atoms with Gasteiger partial charge in [-0.25, -0.2) is 0 Å². The van der Waals surface area contributed by atoms with Crippen LogP contribution < -0.4 is 10.6 Å². The minimum Gasteiger partial charge on any atom is -0.359 e. The van der Waals surface area contributed by atoms with E-state index in [9.17, 15) is 14.4 Å². The average Bonchev–Trinajstić information content (AvgIpc) is 2.60. The zero-order valence-corrected chi connectivity index (χ0v) is 17.3. The number of unbranched alkanes of at least 4 members (excludes halogenated alkanes) is 2. The lowest BCUT2D eigenvalue weighted by Gasteiger charge is -2.09. The van der Waals surface area contributed by atoms with Crippen molar-refractivity contribution in [1.82, 2.24) is 15.5 Å². The lowest BCUT2D eigenvalue weighted by Crippen LogP contribution is -2.27. The second-order valence-electron chi connectivity index (χ2n) is 6.11. The van der Waals surface area contributed by atoms with Gasteiger partial charge in [0.15, 0.2) is 0 Å². The van der Waals surface area contributed by atoms with Gasteiger partial charge in [0.05, 0.1) is 0 Å². The first kappa shape index (κ1) is 26.2. The zero-order valence-electron chi connectivity index (χ0n) is 16.4. The Morgan fingerprint density at radius 1 is 0.920 bits per heavy atom. The van der Waals surface area contributed by atoms with Crippen LogP contribution in [0.2, 0.25) is 0 Å². The first-order valence-electron chi connectivity index (χ1n) is 9.11. The van der Waals surface area contributed by atoms with Crippen LogP contribution in [0.25, 0.3) is 0 Å². The third kappa shape index (κ3) is 22.9. The summed E-state index contributed by atoms with van der Waals surface area (Å²) in [5.74, 6) is 1.20. The predicted octanol–water partition coefficient (Wildman–Crippen LogP) is 2.04. The van der Waals surface area contributed by atoms with Crippen molar-refractivity contribution in [3.05, 3.63) is 0 Å². The molecule has 0 heterocycles. The Labute approximate surface area is 158 Å². The maximum atomic E-state index is 11.2. The van der Waals surface area contributed by atoms with E-state index in [2.05, 4.69) is 28.2 Å². The first-order valence-corrected chi connectivity index (χ1v) is 9.75. The number of rotatable bonds is 13. The van der Waals surface area contributed by atoms with Crippen molar-refractivity contribution < 1.29 is 14.4 Å². The monoisotopic (exact) mass is 375 g/mol.